The Morgan fingerprint density at radius 3 is 2.90 bits per heavy atom. The molecule has 110 valence electrons. The van der Waals surface area contributed by atoms with Crippen molar-refractivity contribution in [2.24, 2.45) is 5.73 Å². The van der Waals surface area contributed by atoms with Crippen molar-refractivity contribution >= 4 is 40.9 Å². The third-order valence-electron chi connectivity index (χ3n) is 3.36. The van der Waals surface area contributed by atoms with Gasteiger partial charge in [-0.15, -0.1) is 11.8 Å². The molecule has 0 bridgehead atoms. The summed E-state index contributed by atoms with van der Waals surface area (Å²) in [6.07, 6.45) is 0.491. The zero-order chi connectivity index (χ0) is 14.8. The van der Waals surface area contributed by atoms with E-state index in [2.05, 4.69) is 4.90 Å². The van der Waals surface area contributed by atoms with E-state index in [0.29, 0.717) is 29.6 Å². The zero-order valence-electron chi connectivity index (χ0n) is 10.8. The van der Waals surface area contributed by atoms with Gasteiger partial charge in [0, 0.05) is 35.3 Å². The van der Waals surface area contributed by atoms with Crippen LogP contribution in [0.2, 0.25) is 10.0 Å². The number of nitrogens with two attached hydrogens (primary N) is 1. The summed E-state index contributed by atoms with van der Waals surface area (Å²) in [6.45, 7) is 1.89. The quantitative estimate of drug-likeness (QED) is 0.810. The van der Waals surface area contributed by atoms with Crippen LogP contribution in [0.1, 0.15) is 6.42 Å². The Bertz CT molecular complexity index is 515. The predicted octanol–water partition coefficient (Wildman–Crippen LogP) is 2.57. The van der Waals surface area contributed by atoms with Gasteiger partial charge in [-0.1, -0.05) is 23.2 Å². The maximum absolute atomic E-state index is 11.1. The van der Waals surface area contributed by atoms with Crippen LogP contribution in [0.4, 0.5) is 0 Å². The predicted molar refractivity (Wildman–Crippen MR) is 82.8 cm³/mol. The molecule has 4 nitrogen and oxygen atoms in total. The van der Waals surface area contributed by atoms with Crippen molar-refractivity contribution in [1.29, 1.82) is 0 Å². The van der Waals surface area contributed by atoms with E-state index in [1.807, 2.05) is 6.07 Å². The monoisotopic (exact) mass is 334 g/mol. The minimum absolute atomic E-state index is 0.395. The lowest BCUT2D eigenvalue weighted by Crippen LogP contribution is -2.50. The van der Waals surface area contributed by atoms with E-state index in [1.54, 1.807) is 23.9 Å². The molecule has 0 amide bonds. The average Bonchev–Trinajstić information content (AvgIpc) is 2.77. The lowest BCUT2D eigenvalue weighted by atomic mass is 10.0. The van der Waals surface area contributed by atoms with Gasteiger partial charge in [0.05, 0.1) is 5.02 Å². The van der Waals surface area contributed by atoms with Crippen LogP contribution in [0.25, 0.3) is 0 Å². The smallest absolute Gasteiger partial charge is 0.325 e. The normalized spacial score (nSPS) is 23.1. The molecule has 20 heavy (non-hydrogen) atoms. The summed E-state index contributed by atoms with van der Waals surface area (Å²) in [7, 11) is 0. The largest absolute Gasteiger partial charge is 0.480 e. The van der Waals surface area contributed by atoms with Crippen LogP contribution in [-0.2, 0) is 4.79 Å². The van der Waals surface area contributed by atoms with E-state index in [1.165, 1.54) is 0 Å². The van der Waals surface area contributed by atoms with Crippen LogP contribution in [0.15, 0.2) is 23.1 Å². The molecule has 1 aromatic carbocycles. The van der Waals surface area contributed by atoms with Gasteiger partial charge in [0.15, 0.2) is 0 Å². The molecule has 0 aromatic heterocycles. The van der Waals surface area contributed by atoms with Crippen molar-refractivity contribution in [3.8, 4) is 0 Å². The second kappa shape index (κ2) is 6.54. The molecule has 1 aliphatic rings. The fourth-order valence-corrected chi connectivity index (χ4v) is 3.66. The van der Waals surface area contributed by atoms with E-state index in [0.717, 1.165) is 17.2 Å². The number of halogens is 2. The van der Waals surface area contributed by atoms with Crippen molar-refractivity contribution in [3.63, 3.8) is 0 Å². The Morgan fingerprint density at radius 2 is 2.25 bits per heavy atom. The number of nitrogens with zero attached hydrogens (tertiary/aromatic N) is 1. The molecular weight excluding hydrogens is 319 g/mol. The minimum atomic E-state index is -1.10. The van der Waals surface area contributed by atoms with Crippen molar-refractivity contribution in [1.82, 2.24) is 4.90 Å². The highest BCUT2D eigenvalue weighted by atomic mass is 35.5. The fraction of sp³-hybridized carbons (Fsp3) is 0.462. The van der Waals surface area contributed by atoms with Gasteiger partial charge in [0.1, 0.15) is 5.54 Å². The third-order valence-corrected chi connectivity index (χ3v) is 5.08. The number of aliphatic carboxylic acids is 1. The van der Waals surface area contributed by atoms with Crippen LogP contribution < -0.4 is 5.73 Å². The fourth-order valence-electron chi connectivity index (χ4n) is 2.15. The summed E-state index contributed by atoms with van der Waals surface area (Å²) in [5.74, 6) is -0.110. The second-order valence-electron chi connectivity index (χ2n) is 4.91. The summed E-state index contributed by atoms with van der Waals surface area (Å²) in [6, 6.07) is 5.37. The van der Waals surface area contributed by atoms with E-state index in [9.17, 15) is 4.79 Å². The first-order valence-electron chi connectivity index (χ1n) is 6.23. The first kappa shape index (κ1) is 15.9. The van der Waals surface area contributed by atoms with Crippen molar-refractivity contribution < 1.29 is 9.90 Å². The minimum Gasteiger partial charge on any atom is -0.480 e. The lowest BCUT2D eigenvalue weighted by Gasteiger charge is -2.19. The number of hydrogen-bond donors (Lipinski definition) is 2. The molecule has 0 saturated carbocycles. The molecule has 1 aliphatic heterocycles. The molecule has 3 N–H and O–H groups in total. The van der Waals surface area contributed by atoms with E-state index in [4.69, 9.17) is 34.0 Å². The van der Waals surface area contributed by atoms with Gasteiger partial charge in [0.2, 0.25) is 0 Å². The average molecular weight is 335 g/mol. The van der Waals surface area contributed by atoms with Crippen LogP contribution in [0.3, 0.4) is 0 Å². The van der Waals surface area contributed by atoms with Gasteiger partial charge in [-0.05, 0) is 24.6 Å². The van der Waals surface area contributed by atoms with E-state index in [-0.39, 0.29) is 0 Å². The summed E-state index contributed by atoms with van der Waals surface area (Å²) in [4.78, 5) is 14.1. The molecule has 1 heterocycles. The number of rotatable bonds is 5. The number of benzene rings is 1. The van der Waals surface area contributed by atoms with Crippen LogP contribution >= 0.6 is 35.0 Å². The topological polar surface area (TPSA) is 66.6 Å². The highest BCUT2D eigenvalue weighted by Gasteiger charge is 2.40. The maximum atomic E-state index is 11.1. The van der Waals surface area contributed by atoms with Crippen LogP contribution in [-0.4, -0.2) is 46.9 Å². The lowest BCUT2D eigenvalue weighted by molar-refractivity contribution is -0.142. The van der Waals surface area contributed by atoms with Crippen LogP contribution in [0.5, 0.6) is 0 Å². The first-order valence-corrected chi connectivity index (χ1v) is 7.97. The molecule has 1 fully saturated rings. The first-order chi connectivity index (χ1) is 9.40. The molecule has 2 rings (SSSR count). The molecule has 7 heteroatoms. The molecule has 1 aromatic rings. The zero-order valence-corrected chi connectivity index (χ0v) is 13.1. The summed E-state index contributed by atoms with van der Waals surface area (Å²) in [5, 5.41) is 10.4. The van der Waals surface area contributed by atoms with Gasteiger partial charge in [-0.3, -0.25) is 9.69 Å². The number of hydrogen-bond acceptors (Lipinski definition) is 4. The number of carbonyl (C=O) groups is 1. The molecule has 1 saturated heterocycles. The highest BCUT2D eigenvalue weighted by molar-refractivity contribution is 7.99. The van der Waals surface area contributed by atoms with Crippen LogP contribution in [0, 0.1) is 0 Å². The summed E-state index contributed by atoms with van der Waals surface area (Å²) >= 11 is 13.6. The Morgan fingerprint density at radius 1 is 1.50 bits per heavy atom. The Balaban J connectivity index is 1.83. The van der Waals surface area contributed by atoms with Crippen molar-refractivity contribution in [3.05, 3.63) is 28.2 Å². The third kappa shape index (κ3) is 3.80. The van der Waals surface area contributed by atoms with Crippen molar-refractivity contribution in [2.75, 3.05) is 25.4 Å². The standard InChI is InChI=1S/C13H16Cl2N2O2S/c14-9-1-2-10(15)11(7-9)20-6-5-17-4-3-13(16,8-17)12(18)19/h1-2,7H,3-6,8,16H2,(H,18,19). The molecular formula is C13H16Cl2N2O2S. The molecule has 0 radical (unpaired) electrons. The maximum Gasteiger partial charge on any atom is 0.325 e. The Kier molecular flexibility index (Phi) is 5.20. The SMILES string of the molecule is NC1(C(=O)O)CCN(CCSc2cc(Cl)ccc2Cl)C1. The molecule has 0 aliphatic carbocycles. The van der Waals surface area contributed by atoms with Gasteiger partial charge < -0.3 is 10.8 Å². The van der Waals surface area contributed by atoms with Gasteiger partial charge in [-0.25, -0.2) is 0 Å². The Labute approximate surface area is 132 Å². The van der Waals surface area contributed by atoms with Gasteiger partial charge in [0.25, 0.3) is 0 Å². The number of carboxylic acids is 1. The molecule has 1 atom stereocenters. The van der Waals surface area contributed by atoms with Gasteiger partial charge in [-0.2, -0.15) is 0 Å². The van der Waals surface area contributed by atoms with Gasteiger partial charge >= 0.3 is 5.97 Å². The number of likely N-dealkylation sites (tertiary alicyclic amines) is 1. The van der Waals surface area contributed by atoms with E-state index >= 15 is 0 Å². The number of thioether (sulfide) groups is 1. The molecule has 0 spiro atoms. The summed E-state index contributed by atoms with van der Waals surface area (Å²) < 4.78 is 0. The van der Waals surface area contributed by atoms with Crippen molar-refractivity contribution in [2.45, 2.75) is 16.9 Å². The number of carboxylic acid groups (broad SMARTS) is 1. The highest BCUT2D eigenvalue weighted by Crippen LogP contribution is 2.30. The molecule has 1 unspecified atom stereocenters. The van der Waals surface area contributed by atoms with E-state index < -0.39 is 11.5 Å². The Hall–Kier alpha value is -0.460. The second-order valence-corrected chi connectivity index (χ2v) is 6.89. The summed E-state index contributed by atoms with van der Waals surface area (Å²) in [5.41, 5.74) is 4.73.